The second kappa shape index (κ2) is 52.9. The van der Waals surface area contributed by atoms with Crippen molar-refractivity contribution < 1.29 is 102 Å². The summed E-state index contributed by atoms with van der Waals surface area (Å²) in [5.41, 5.74) is 26.7. The molecule has 0 unspecified atom stereocenters. The lowest BCUT2D eigenvalue weighted by Gasteiger charge is -2.36. The van der Waals surface area contributed by atoms with Crippen molar-refractivity contribution in [3.63, 3.8) is 0 Å². The number of primary amides is 2. The Hall–Kier alpha value is -14.0. The molecule has 0 radical (unpaired) electrons. The minimum atomic E-state index is -1.94. The number of nitrogens with one attached hydrogen (secondary N) is 14. The van der Waals surface area contributed by atoms with Gasteiger partial charge >= 0.3 is 0 Å². The number of aromatic nitrogens is 2. The molecule has 0 saturated carbocycles. The highest BCUT2D eigenvalue weighted by atomic mass is 32.2. The number of carbonyl (C=O) groups excluding carboxylic acids is 17. The SMILES string of the molecule is CCCC[C@H]1C(=O)N(C)[C@@H](CCCC)C(=O)N[C@@H](CCCNC(=N)N)C(=O)N[C@H](C(=O)NCC(N)=O)CSCC(=O)N[C@@H](Cc2ccc(O)cc2)C(=O)N(C)[C@@H](C)C(=O)N[C@@H](CC(N)=O)C(=O)N2CCC[C@H]2C(=O)N[C@@H](CN)C(=O)N[C@@H](CC(C)C)C(=O)N2C[C@H](O)C[C@H]2C(=O)N[C@@H](Cc2c[nH]c3ccccc23)C(=O)N[C@@H](CO)C(=O)N[C@@H](Cc2c(-c3ccc(OCC)cc3)[nH]c3ccccc23)C(=O)N1C. The lowest BCUT2D eigenvalue weighted by molar-refractivity contribution is -0.149. The molecule has 3 fully saturated rings. The van der Waals surface area contributed by atoms with Gasteiger partial charge in [-0.25, -0.2) is 0 Å². The maximum absolute atomic E-state index is 16.3. The van der Waals surface area contributed by atoms with E-state index in [1.165, 1.54) is 52.3 Å². The van der Waals surface area contributed by atoms with E-state index in [1.54, 1.807) is 92.8 Å². The van der Waals surface area contributed by atoms with Gasteiger partial charge < -0.3 is 136 Å². The number of amides is 17. The van der Waals surface area contributed by atoms with E-state index in [9.17, 15) is 58.5 Å². The molecular formula is C96H135N23O21S. The van der Waals surface area contributed by atoms with Crippen LogP contribution in [0.3, 0.4) is 0 Å². The summed E-state index contributed by atoms with van der Waals surface area (Å²) in [6.07, 6.45) is -0.670. The monoisotopic (exact) mass is 1980 g/mol. The van der Waals surface area contributed by atoms with E-state index >= 15 is 38.4 Å². The number of aromatic hydroxyl groups is 1. The van der Waals surface area contributed by atoms with Crippen LogP contribution < -0.4 is 86.2 Å². The zero-order valence-corrected chi connectivity index (χ0v) is 81.7. The van der Waals surface area contributed by atoms with Crippen molar-refractivity contribution in [2.75, 3.05) is 78.6 Å². The first-order chi connectivity index (χ1) is 67.2. The summed E-state index contributed by atoms with van der Waals surface area (Å²) >= 11 is 0.756. The van der Waals surface area contributed by atoms with Crippen LogP contribution in [0.15, 0.2) is 103 Å². The number of unbranched alkanes of at least 4 members (excludes halogenated alkanes) is 2. The Bertz CT molecular complexity index is 5450. The predicted octanol–water partition coefficient (Wildman–Crippen LogP) is -1.87. The highest BCUT2D eigenvalue weighted by Crippen LogP contribution is 2.34. The number of hydrogen-bond acceptors (Lipinski definition) is 24. The van der Waals surface area contributed by atoms with Gasteiger partial charge in [-0.05, 0) is 135 Å². The molecule has 3 aliphatic heterocycles. The summed E-state index contributed by atoms with van der Waals surface area (Å²) in [5, 5.41) is 71.2. The Morgan fingerprint density at radius 3 is 1.79 bits per heavy atom. The molecule has 6 aromatic rings. The fraction of sp³-hybridized carbons (Fsp3) is 0.521. The number of aromatic amines is 2. The predicted molar refractivity (Wildman–Crippen MR) is 523 cm³/mol. The molecule has 17 amide bonds. The number of phenolic OH excluding ortho intramolecular Hbond substituents is 1. The fourth-order valence-electron chi connectivity index (χ4n) is 17.4. The van der Waals surface area contributed by atoms with Gasteiger partial charge in [-0.2, -0.15) is 0 Å². The molecule has 141 heavy (non-hydrogen) atoms. The number of para-hydroxylation sites is 2. The van der Waals surface area contributed by atoms with Crippen LogP contribution in [0.5, 0.6) is 11.5 Å². The van der Waals surface area contributed by atoms with Gasteiger partial charge in [-0.1, -0.05) is 102 Å². The van der Waals surface area contributed by atoms with Crippen LogP contribution in [0.2, 0.25) is 0 Å². The third-order valence-electron chi connectivity index (χ3n) is 25.2. The Kier molecular flexibility index (Phi) is 41.5. The van der Waals surface area contributed by atoms with Crippen LogP contribution in [-0.4, -0.2) is 325 Å². The number of guanidine groups is 1. The number of H-pyrrole nitrogens is 2. The molecule has 0 spiro atoms. The summed E-state index contributed by atoms with van der Waals surface area (Å²) < 4.78 is 5.80. The molecule has 2 aromatic heterocycles. The molecular weight excluding hydrogens is 1840 g/mol. The van der Waals surface area contributed by atoms with Gasteiger partial charge in [0.2, 0.25) is 100 Å². The van der Waals surface area contributed by atoms with Gasteiger partial charge in [0.25, 0.3) is 0 Å². The number of thioether (sulfide) groups is 1. The minimum Gasteiger partial charge on any atom is -0.508 e. The van der Waals surface area contributed by atoms with Crippen molar-refractivity contribution in [2.45, 2.75) is 235 Å². The zero-order valence-electron chi connectivity index (χ0n) is 80.9. The van der Waals surface area contributed by atoms with Crippen molar-refractivity contribution in [1.29, 1.82) is 5.41 Å². The molecule has 766 valence electrons. The molecule has 45 heteroatoms. The number of nitrogens with zero attached hydrogens (tertiary/aromatic N) is 5. The lowest BCUT2D eigenvalue weighted by atomic mass is 9.96. The van der Waals surface area contributed by atoms with Crippen molar-refractivity contribution in [3.8, 4) is 22.8 Å². The molecule has 0 bridgehead atoms. The molecule has 9 rings (SSSR count). The number of aliphatic hydroxyl groups is 2. The van der Waals surface area contributed by atoms with Gasteiger partial charge in [-0.15, -0.1) is 11.8 Å². The maximum atomic E-state index is 16.3. The Morgan fingerprint density at radius 1 is 0.567 bits per heavy atom. The zero-order chi connectivity index (χ0) is 103. The van der Waals surface area contributed by atoms with E-state index in [0.29, 0.717) is 87.8 Å². The quantitative estimate of drug-likeness (QED) is 0.0145. The van der Waals surface area contributed by atoms with Gasteiger partial charge in [0, 0.05) is 112 Å². The first-order valence-corrected chi connectivity index (χ1v) is 48.6. The molecule has 0 aliphatic carbocycles. The average molecular weight is 1980 g/mol. The number of rotatable bonds is 28. The third-order valence-corrected chi connectivity index (χ3v) is 26.2. The number of ether oxygens (including phenoxy) is 1. The van der Waals surface area contributed by atoms with E-state index in [2.05, 4.69) is 68.5 Å². The molecule has 25 N–H and O–H groups in total. The number of likely N-dealkylation sites (N-methyl/N-ethyl adjacent to an activating group) is 3. The number of hydrogen-bond donors (Lipinski definition) is 21. The van der Waals surface area contributed by atoms with Crippen LogP contribution >= 0.6 is 11.8 Å². The van der Waals surface area contributed by atoms with Crippen LogP contribution in [0, 0.1) is 11.3 Å². The average Bonchev–Trinajstić information content (AvgIpc) is 1.08. The topological polar surface area (TPSA) is 668 Å². The first-order valence-electron chi connectivity index (χ1n) is 47.5. The van der Waals surface area contributed by atoms with E-state index in [1.807, 2.05) is 20.8 Å². The molecule has 3 saturated heterocycles. The molecule has 3 aliphatic rings. The highest BCUT2D eigenvalue weighted by molar-refractivity contribution is 8.00. The van der Waals surface area contributed by atoms with Crippen LogP contribution in [0.4, 0.5) is 0 Å². The van der Waals surface area contributed by atoms with Crippen LogP contribution in [0.25, 0.3) is 33.1 Å². The van der Waals surface area contributed by atoms with Crippen LogP contribution in [0.1, 0.15) is 142 Å². The second-order valence-electron chi connectivity index (χ2n) is 36.1. The summed E-state index contributed by atoms with van der Waals surface area (Å²) in [5.74, 6) is -17.8. The number of carbonyl (C=O) groups is 17. The van der Waals surface area contributed by atoms with E-state index in [4.69, 9.17) is 33.1 Å². The molecule has 44 nitrogen and oxygen atoms in total. The number of benzene rings is 4. The minimum absolute atomic E-state index is 0.0216. The molecule has 5 heterocycles. The fourth-order valence-corrected chi connectivity index (χ4v) is 18.3. The summed E-state index contributed by atoms with van der Waals surface area (Å²) in [6, 6.07) is 4.50. The van der Waals surface area contributed by atoms with Crippen molar-refractivity contribution in [1.82, 2.24) is 93.0 Å². The molecule has 15 atom stereocenters. The van der Waals surface area contributed by atoms with Crippen molar-refractivity contribution >= 4 is 140 Å². The van der Waals surface area contributed by atoms with E-state index in [0.717, 1.165) is 36.3 Å². The lowest BCUT2D eigenvalue weighted by Crippen LogP contribution is -2.62. The van der Waals surface area contributed by atoms with Gasteiger partial charge in [0.1, 0.15) is 96.1 Å². The number of fused-ring (bicyclic) bond motifs is 4. The van der Waals surface area contributed by atoms with Gasteiger partial charge in [0.15, 0.2) is 5.96 Å². The van der Waals surface area contributed by atoms with E-state index < -0.39 is 248 Å². The summed E-state index contributed by atoms with van der Waals surface area (Å²) in [6.45, 7) is 7.49. The molecule has 4 aromatic carbocycles. The Labute approximate surface area is 820 Å². The summed E-state index contributed by atoms with van der Waals surface area (Å²) in [4.78, 5) is 263. The van der Waals surface area contributed by atoms with Crippen LogP contribution in [-0.2, 0) is 101 Å². The third kappa shape index (κ3) is 30.5. The number of nitrogens with two attached hydrogens (primary N) is 4. The normalized spacial score (nSPS) is 24.2. The van der Waals surface area contributed by atoms with Crippen molar-refractivity contribution in [3.05, 3.63) is 120 Å². The number of aliphatic hydroxyl groups excluding tert-OH is 2. The largest absolute Gasteiger partial charge is 0.508 e. The second-order valence-corrected chi connectivity index (χ2v) is 37.1. The standard InChI is InChI=1S/C96H135N23O21S/c1-10-13-26-74-88(132)107-65(25-19-37-102-96(100)101)84(128)114-73(83(127)104-47-79(99)124)50-141-51-80(125)105-68(40-54-29-33-57(121)34-30-54)91(135)115(7)53(6)82(126)109-70(44-78(98)123)93(137)118-38-20-28-75(118)89(133)112-71(45-97)86(130)110-67(39-52(4)5)94(138)119-48-58(122)42-77(119)90(134)108-66(41-56-46-103-63-23-17-15-21-60(56)63)85(129)113-72(49-120)87(131)111-69(92(136)117(9)76(27-14-11-2)95(139)116(74)8)43-62-61-22-16-18-24-64(61)106-81(62)55-31-35-59(36-32-55)140-12-3/h15-18,21-24,29-36,46,52-53,58,65-77,103,106,120-122H,10-14,19-20,25-28,37-45,47-51,97H2,1-9H3,(H2,98,123)(H2,99,124)(H,104,127)(H,105,125)(H,107,132)(H,108,134)(H,109,126)(H,110,130)(H,111,131)(H,112,133)(H,113,129)(H,114,128)(H4,100,101,102)/t53-,58+,65-,66-,67-,68-,69-,70-,71-,72-,73-,74-,75-,76-,77-/m0/s1. The smallest absolute Gasteiger partial charge is 0.246 e. The maximum Gasteiger partial charge on any atom is 0.246 e. The summed E-state index contributed by atoms with van der Waals surface area (Å²) in [7, 11) is 3.90. The first kappa shape index (κ1) is 111. The van der Waals surface area contributed by atoms with Gasteiger partial charge in [0.05, 0.1) is 38.0 Å². The van der Waals surface area contributed by atoms with Gasteiger partial charge in [-0.3, -0.25) is 86.9 Å². The Morgan fingerprint density at radius 2 is 1.14 bits per heavy atom. The van der Waals surface area contributed by atoms with E-state index in [-0.39, 0.29) is 89.0 Å². The highest BCUT2D eigenvalue weighted by Gasteiger charge is 2.47. The Balaban J connectivity index is 1.13. The van der Waals surface area contributed by atoms with Crippen molar-refractivity contribution in [2.24, 2.45) is 28.9 Å². The number of phenols is 1.